The van der Waals surface area contributed by atoms with Gasteiger partial charge in [-0.3, -0.25) is 0 Å². The molecule has 0 aromatic carbocycles. The van der Waals surface area contributed by atoms with Gasteiger partial charge in [0.15, 0.2) is 0 Å². The summed E-state index contributed by atoms with van der Waals surface area (Å²) in [5.74, 6) is 0.837. The highest BCUT2D eigenvalue weighted by atomic mass is 16.5. The van der Waals surface area contributed by atoms with E-state index in [1.54, 1.807) is 0 Å². The van der Waals surface area contributed by atoms with Gasteiger partial charge in [0, 0.05) is 6.61 Å². The van der Waals surface area contributed by atoms with Gasteiger partial charge in [-0.05, 0) is 83.0 Å². The molecule has 0 amide bonds. The van der Waals surface area contributed by atoms with Gasteiger partial charge in [-0.15, -0.1) is 0 Å². The Kier molecular flexibility index (Phi) is 7.81. The third kappa shape index (κ3) is 8.34. The fourth-order valence-corrected chi connectivity index (χ4v) is 4.52. The van der Waals surface area contributed by atoms with Gasteiger partial charge in [-0.25, -0.2) is 0 Å². The standard InChI is InChI=1S/C22H44O2/c1-17(2)23-15-14-22(8,9)24-19-12-10-18(11-13-19)21(6,7)16-20(3,4)5/h17-19H,10-16H2,1-9H3. The third-order valence-electron chi connectivity index (χ3n) is 5.41. The molecule has 24 heavy (non-hydrogen) atoms. The summed E-state index contributed by atoms with van der Waals surface area (Å²) >= 11 is 0. The van der Waals surface area contributed by atoms with E-state index in [1.807, 2.05) is 0 Å². The Morgan fingerprint density at radius 3 is 1.88 bits per heavy atom. The Morgan fingerprint density at radius 1 is 0.875 bits per heavy atom. The Morgan fingerprint density at radius 2 is 1.42 bits per heavy atom. The van der Waals surface area contributed by atoms with Crippen LogP contribution in [0.2, 0.25) is 0 Å². The van der Waals surface area contributed by atoms with Gasteiger partial charge >= 0.3 is 0 Å². The second kappa shape index (κ2) is 8.54. The molecule has 1 fully saturated rings. The van der Waals surface area contributed by atoms with Crippen molar-refractivity contribution in [3.8, 4) is 0 Å². The van der Waals surface area contributed by atoms with Crippen LogP contribution < -0.4 is 0 Å². The normalized spacial score (nSPS) is 23.8. The lowest BCUT2D eigenvalue weighted by molar-refractivity contribution is -0.109. The second-order valence-electron chi connectivity index (χ2n) is 10.7. The summed E-state index contributed by atoms with van der Waals surface area (Å²) in [6, 6.07) is 0. The van der Waals surface area contributed by atoms with Crippen LogP contribution in [0.25, 0.3) is 0 Å². The monoisotopic (exact) mass is 340 g/mol. The molecule has 0 heterocycles. The van der Waals surface area contributed by atoms with Crippen LogP contribution in [0.4, 0.5) is 0 Å². The van der Waals surface area contributed by atoms with Gasteiger partial charge in [-0.2, -0.15) is 0 Å². The molecule has 1 aliphatic rings. The molecule has 0 radical (unpaired) electrons. The highest BCUT2D eigenvalue weighted by Gasteiger charge is 2.37. The fourth-order valence-electron chi connectivity index (χ4n) is 4.52. The highest BCUT2D eigenvalue weighted by molar-refractivity contribution is 4.87. The van der Waals surface area contributed by atoms with Crippen molar-refractivity contribution in [3.63, 3.8) is 0 Å². The minimum absolute atomic E-state index is 0.0761. The molecule has 0 unspecified atom stereocenters. The molecule has 0 spiro atoms. The number of hydrogen-bond acceptors (Lipinski definition) is 2. The summed E-state index contributed by atoms with van der Waals surface area (Å²) in [4.78, 5) is 0. The third-order valence-corrected chi connectivity index (χ3v) is 5.41. The largest absolute Gasteiger partial charge is 0.379 e. The first-order valence-corrected chi connectivity index (χ1v) is 10.1. The SMILES string of the molecule is CC(C)OCCC(C)(C)OC1CCC(C(C)(C)CC(C)(C)C)CC1. The van der Waals surface area contributed by atoms with E-state index in [9.17, 15) is 0 Å². The van der Waals surface area contributed by atoms with E-state index in [-0.39, 0.29) is 5.60 Å². The molecule has 1 rings (SSSR count). The Hall–Kier alpha value is -0.0800. The van der Waals surface area contributed by atoms with E-state index >= 15 is 0 Å². The average Bonchev–Trinajstić information content (AvgIpc) is 2.35. The summed E-state index contributed by atoms with van der Waals surface area (Å²) in [6.45, 7) is 21.4. The predicted molar refractivity (Wildman–Crippen MR) is 104 cm³/mol. The molecule has 0 N–H and O–H groups in total. The van der Waals surface area contributed by atoms with Crippen molar-refractivity contribution in [1.82, 2.24) is 0 Å². The van der Waals surface area contributed by atoms with Gasteiger partial charge in [0.2, 0.25) is 0 Å². The van der Waals surface area contributed by atoms with Gasteiger partial charge in [-0.1, -0.05) is 34.6 Å². The zero-order chi connectivity index (χ0) is 18.6. The lowest BCUT2D eigenvalue weighted by Crippen LogP contribution is -2.37. The minimum Gasteiger partial charge on any atom is -0.379 e. The first-order chi connectivity index (χ1) is 10.8. The van der Waals surface area contributed by atoms with Crippen LogP contribution in [0.3, 0.4) is 0 Å². The van der Waals surface area contributed by atoms with Crippen molar-refractivity contribution < 1.29 is 9.47 Å². The Bertz CT molecular complexity index is 355. The van der Waals surface area contributed by atoms with Crippen LogP contribution >= 0.6 is 0 Å². The van der Waals surface area contributed by atoms with Crippen LogP contribution in [-0.4, -0.2) is 24.4 Å². The maximum absolute atomic E-state index is 6.44. The molecular formula is C22H44O2. The summed E-state index contributed by atoms with van der Waals surface area (Å²) in [6.07, 6.45) is 8.06. The summed E-state index contributed by atoms with van der Waals surface area (Å²) < 4.78 is 12.1. The molecule has 0 aliphatic heterocycles. The Balaban J connectivity index is 2.42. The Labute approximate surface area is 152 Å². The highest BCUT2D eigenvalue weighted by Crippen LogP contribution is 2.45. The van der Waals surface area contributed by atoms with Crippen molar-refractivity contribution in [1.29, 1.82) is 0 Å². The van der Waals surface area contributed by atoms with Gasteiger partial charge in [0.1, 0.15) is 0 Å². The van der Waals surface area contributed by atoms with E-state index in [4.69, 9.17) is 9.47 Å². The van der Waals surface area contributed by atoms with E-state index in [1.165, 1.54) is 32.1 Å². The molecular weight excluding hydrogens is 296 g/mol. The van der Waals surface area contributed by atoms with Crippen molar-refractivity contribution >= 4 is 0 Å². The van der Waals surface area contributed by atoms with Crippen LogP contribution in [0, 0.1) is 16.7 Å². The molecule has 0 bridgehead atoms. The van der Waals surface area contributed by atoms with Crippen LogP contribution in [0.15, 0.2) is 0 Å². The maximum Gasteiger partial charge on any atom is 0.0652 e. The topological polar surface area (TPSA) is 18.5 Å². The minimum atomic E-state index is -0.0761. The van der Waals surface area contributed by atoms with Crippen molar-refractivity contribution in [3.05, 3.63) is 0 Å². The lowest BCUT2D eigenvalue weighted by atomic mass is 9.64. The zero-order valence-corrected chi connectivity index (χ0v) is 18.0. The second-order valence-corrected chi connectivity index (χ2v) is 10.7. The van der Waals surface area contributed by atoms with Gasteiger partial charge < -0.3 is 9.47 Å². The molecule has 2 nitrogen and oxygen atoms in total. The molecule has 0 atom stereocenters. The average molecular weight is 341 g/mol. The van der Waals surface area contributed by atoms with E-state index in [0.29, 0.717) is 23.0 Å². The molecule has 144 valence electrons. The zero-order valence-electron chi connectivity index (χ0n) is 18.0. The predicted octanol–water partition coefficient (Wildman–Crippen LogP) is 6.62. The maximum atomic E-state index is 6.44. The molecule has 0 aromatic heterocycles. The smallest absolute Gasteiger partial charge is 0.0652 e. The lowest BCUT2D eigenvalue weighted by Gasteiger charge is -2.43. The van der Waals surface area contributed by atoms with Crippen molar-refractivity contribution in [2.24, 2.45) is 16.7 Å². The van der Waals surface area contributed by atoms with Crippen molar-refractivity contribution in [2.45, 2.75) is 119 Å². The molecule has 1 aliphatic carbocycles. The molecule has 0 aromatic rings. The summed E-state index contributed by atoms with van der Waals surface area (Å²) in [7, 11) is 0. The van der Waals surface area contributed by atoms with Gasteiger partial charge in [0.05, 0.1) is 17.8 Å². The summed E-state index contributed by atoms with van der Waals surface area (Å²) in [5.41, 5.74) is 0.770. The number of rotatable bonds is 8. The van der Waals surface area contributed by atoms with E-state index in [2.05, 4.69) is 62.3 Å². The molecule has 1 saturated carbocycles. The van der Waals surface area contributed by atoms with E-state index in [0.717, 1.165) is 18.9 Å². The number of hydrogen-bond donors (Lipinski definition) is 0. The fraction of sp³-hybridized carbons (Fsp3) is 1.00. The van der Waals surface area contributed by atoms with Crippen LogP contribution in [-0.2, 0) is 9.47 Å². The van der Waals surface area contributed by atoms with E-state index < -0.39 is 0 Å². The first kappa shape index (κ1) is 22.0. The van der Waals surface area contributed by atoms with Crippen LogP contribution in [0.5, 0.6) is 0 Å². The quantitative estimate of drug-likeness (QED) is 0.494. The van der Waals surface area contributed by atoms with Gasteiger partial charge in [0.25, 0.3) is 0 Å². The summed E-state index contributed by atoms with van der Waals surface area (Å²) in [5, 5.41) is 0. The molecule has 0 saturated heterocycles. The molecule has 2 heteroatoms. The number of ether oxygens (including phenoxy) is 2. The van der Waals surface area contributed by atoms with Crippen molar-refractivity contribution in [2.75, 3.05) is 6.61 Å². The van der Waals surface area contributed by atoms with Crippen LogP contribution in [0.1, 0.15) is 101 Å². The first-order valence-electron chi connectivity index (χ1n) is 10.1.